The first-order valence-electron chi connectivity index (χ1n) is 11.1. The van der Waals surface area contributed by atoms with E-state index in [9.17, 15) is 13.2 Å². The molecule has 1 saturated carbocycles. The van der Waals surface area contributed by atoms with Crippen LogP contribution in [0.4, 0.5) is 0 Å². The second-order valence-electron chi connectivity index (χ2n) is 8.91. The van der Waals surface area contributed by atoms with E-state index in [1.165, 1.54) is 0 Å². The molecule has 0 spiro atoms. The Hall–Kier alpha value is -2.45. The summed E-state index contributed by atoms with van der Waals surface area (Å²) in [5, 5.41) is 0. The molecule has 4 rings (SSSR count). The molecule has 172 valence electrons. The second kappa shape index (κ2) is 8.83. The molecular formula is C24H31N3O4S. The molecule has 2 heterocycles. The van der Waals surface area contributed by atoms with Crippen molar-refractivity contribution in [1.82, 2.24) is 14.6 Å². The summed E-state index contributed by atoms with van der Waals surface area (Å²) in [5.41, 5.74) is 4.44. The Kier molecular flexibility index (Phi) is 6.27. The zero-order chi connectivity index (χ0) is 22.9. The summed E-state index contributed by atoms with van der Waals surface area (Å²) in [6.45, 7) is 3.25. The van der Waals surface area contributed by atoms with E-state index in [4.69, 9.17) is 4.74 Å². The number of amides is 1. The number of aryl methyl sites for hydroxylation is 1. The fraction of sp³-hybridized carbons (Fsp3) is 0.500. The summed E-state index contributed by atoms with van der Waals surface area (Å²) in [6.07, 6.45) is 7.50. The maximum atomic E-state index is 13.9. The van der Waals surface area contributed by atoms with Crippen LogP contribution in [0.3, 0.4) is 0 Å². The standard InChI is InChI=1S/C24H31N3O4S/c1-17-22(15-26-32(3,29)30)21-10-13-27(16-18(21)14-25-17)23(28)24(11-4-5-12-24)19-6-8-20(31-2)9-7-19/h6-9,14,26H,4-5,10-13,15-16H2,1-3H3. The fourth-order valence-electron chi connectivity index (χ4n) is 5.15. The molecular weight excluding hydrogens is 426 g/mol. The monoisotopic (exact) mass is 457 g/mol. The first-order chi connectivity index (χ1) is 15.2. The van der Waals surface area contributed by atoms with E-state index in [-0.39, 0.29) is 12.5 Å². The predicted molar refractivity (Wildman–Crippen MR) is 123 cm³/mol. The lowest BCUT2D eigenvalue weighted by atomic mass is 9.77. The predicted octanol–water partition coefficient (Wildman–Crippen LogP) is 2.84. The van der Waals surface area contributed by atoms with Crippen LogP contribution in [0.25, 0.3) is 0 Å². The van der Waals surface area contributed by atoms with Crippen molar-refractivity contribution in [2.45, 2.75) is 57.5 Å². The molecule has 1 aliphatic heterocycles. The molecule has 8 heteroatoms. The Bertz CT molecular complexity index is 1110. The number of nitrogens with zero attached hydrogens (tertiary/aromatic N) is 2. The number of nitrogens with one attached hydrogen (secondary N) is 1. The molecule has 32 heavy (non-hydrogen) atoms. The minimum atomic E-state index is -3.30. The summed E-state index contributed by atoms with van der Waals surface area (Å²) in [4.78, 5) is 20.3. The molecule has 0 bridgehead atoms. The van der Waals surface area contributed by atoms with Crippen molar-refractivity contribution in [2.24, 2.45) is 0 Å². The second-order valence-corrected chi connectivity index (χ2v) is 10.7. The highest BCUT2D eigenvalue weighted by Crippen LogP contribution is 2.44. The van der Waals surface area contributed by atoms with Crippen molar-refractivity contribution in [3.8, 4) is 5.75 Å². The van der Waals surface area contributed by atoms with Crippen LogP contribution in [0.1, 0.15) is 53.6 Å². The molecule has 2 aliphatic rings. The third kappa shape index (κ3) is 4.38. The van der Waals surface area contributed by atoms with E-state index >= 15 is 0 Å². The van der Waals surface area contributed by atoms with E-state index in [2.05, 4.69) is 9.71 Å². The highest BCUT2D eigenvalue weighted by Gasteiger charge is 2.45. The highest BCUT2D eigenvalue weighted by atomic mass is 32.2. The molecule has 1 aromatic heterocycles. The Labute approximate surface area is 190 Å². The summed E-state index contributed by atoms with van der Waals surface area (Å²) >= 11 is 0. The van der Waals surface area contributed by atoms with Crippen molar-refractivity contribution in [3.63, 3.8) is 0 Å². The van der Waals surface area contributed by atoms with Gasteiger partial charge in [0.2, 0.25) is 15.9 Å². The third-order valence-corrected chi connectivity index (χ3v) is 7.57. The SMILES string of the molecule is COc1ccc(C2(C(=O)N3CCc4c(cnc(C)c4CNS(C)(=O)=O)C3)CCCC2)cc1. The molecule has 2 aromatic rings. The molecule has 1 N–H and O–H groups in total. The zero-order valence-electron chi connectivity index (χ0n) is 19.0. The first kappa shape index (κ1) is 22.7. The Morgan fingerprint density at radius 3 is 2.53 bits per heavy atom. The largest absolute Gasteiger partial charge is 0.497 e. The Morgan fingerprint density at radius 1 is 1.22 bits per heavy atom. The van der Waals surface area contributed by atoms with Gasteiger partial charge in [-0.3, -0.25) is 9.78 Å². The number of methoxy groups -OCH3 is 1. The number of carbonyl (C=O) groups excluding carboxylic acids is 1. The number of rotatable bonds is 6. The van der Waals surface area contributed by atoms with Gasteiger partial charge in [0.25, 0.3) is 0 Å². The van der Waals surface area contributed by atoms with Gasteiger partial charge in [0.1, 0.15) is 5.75 Å². The number of hydrogen-bond acceptors (Lipinski definition) is 5. The van der Waals surface area contributed by atoms with Gasteiger partial charge in [-0.2, -0.15) is 0 Å². The van der Waals surface area contributed by atoms with Crippen LogP contribution in [0, 0.1) is 6.92 Å². The van der Waals surface area contributed by atoms with Crippen molar-refractivity contribution in [1.29, 1.82) is 0 Å². The van der Waals surface area contributed by atoms with Gasteiger partial charge in [0.15, 0.2) is 0 Å². The summed E-state index contributed by atoms with van der Waals surface area (Å²) in [7, 11) is -1.65. The van der Waals surface area contributed by atoms with Crippen molar-refractivity contribution < 1.29 is 17.9 Å². The fourth-order valence-corrected chi connectivity index (χ4v) is 5.56. The average molecular weight is 458 g/mol. The lowest BCUT2D eigenvalue weighted by molar-refractivity contribution is -0.138. The van der Waals surface area contributed by atoms with Crippen molar-refractivity contribution in [2.75, 3.05) is 19.9 Å². The van der Waals surface area contributed by atoms with Gasteiger partial charge in [-0.25, -0.2) is 13.1 Å². The van der Waals surface area contributed by atoms with Crippen LogP contribution in [0.5, 0.6) is 5.75 Å². The maximum absolute atomic E-state index is 13.9. The van der Waals surface area contributed by atoms with Crippen LogP contribution in [0.15, 0.2) is 30.5 Å². The Balaban J connectivity index is 1.60. The molecule has 0 radical (unpaired) electrons. The third-order valence-electron chi connectivity index (χ3n) is 6.90. The molecule has 0 atom stereocenters. The number of ether oxygens (including phenoxy) is 1. The van der Waals surface area contributed by atoms with Gasteiger partial charge < -0.3 is 9.64 Å². The van der Waals surface area contributed by atoms with Crippen LogP contribution in [0.2, 0.25) is 0 Å². The number of sulfonamides is 1. The van der Waals surface area contributed by atoms with Crippen molar-refractivity contribution >= 4 is 15.9 Å². The highest BCUT2D eigenvalue weighted by molar-refractivity contribution is 7.88. The van der Waals surface area contributed by atoms with E-state index in [1.807, 2.05) is 42.3 Å². The van der Waals surface area contributed by atoms with E-state index in [0.717, 1.165) is 65.6 Å². The van der Waals surface area contributed by atoms with Gasteiger partial charge in [0, 0.05) is 31.5 Å². The number of carbonyl (C=O) groups is 1. The number of fused-ring (bicyclic) bond motifs is 1. The molecule has 1 fully saturated rings. The number of aromatic nitrogens is 1. The summed E-state index contributed by atoms with van der Waals surface area (Å²) < 4.78 is 31.1. The van der Waals surface area contributed by atoms with Gasteiger partial charge in [-0.05, 0) is 60.6 Å². The van der Waals surface area contributed by atoms with Gasteiger partial charge in [-0.1, -0.05) is 25.0 Å². The topological polar surface area (TPSA) is 88.6 Å². The first-order valence-corrected chi connectivity index (χ1v) is 13.0. The van der Waals surface area contributed by atoms with Gasteiger partial charge in [-0.15, -0.1) is 0 Å². The van der Waals surface area contributed by atoms with E-state index in [1.54, 1.807) is 7.11 Å². The number of benzene rings is 1. The molecule has 1 aliphatic carbocycles. The smallest absolute Gasteiger partial charge is 0.233 e. The minimum absolute atomic E-state index is 0.183. The zero-order valence-corrected chi connectivity index (χ0v) is 19.8. The van der Waals surface area contributed by atoms with Crippen molar-refractivity contribution in [3.05, 3.63) is 58.4 Å². The summed E-state index contributed by atoms with van der Waals surface area (Å²) in [5.74, 6) is 0.972. The average Bonchev–Trinajstić information content (AvgIpc) is 3.28. The maximum Gasteiger partial charge on any atom is 0.233 e. The molecule has 7 nitrogen and oxygen atoms in total. The summed E-state index contributed by atoms with van der Waals surface area (Å²) in [6, 6.07) is 7.92. The van der Waals surface area contributed by atoms with Crippen LogP contribution in [-0.2, 0) is 39.7 Å². The molecule has 1 amide bonds. The normalized spacial score (nSPS) is 17.8. The number of pyridine rings is 1. The minimum Gasteiger partial charge on any atom is -0.497 e. The molecule has 0 saturated heterocycles. The Morgan fingerprint density at radius 2 is 1.91 bits per heavy atom. The lowest BCUT2D eigenvalue weighted by Gasteiger charge is -2.38. The van der Waals surface area contributed by atoms with E-state index in [0.29, 0.717) is 19.5 Å². The van der Waals surface area contributed by atoms with Gasteiger partial charge in [0.05, 0.1) is 18.8 Å². The number of hydrogen-bond donors (Lipinski definition) is 1. The molecule has 0 unspecified atom stereocenters. The van der Waals surface area contributed by atoms with Crippen LogP contribution < -0.4 is 9.46 Å². The molecule has 1 aromatic carbocycles. The van der Waals surface area contributed by atoms with Gasteiger partial charge >= 0.3 is 0 Å². The lowest BCUT2D eigenvalue weighted by Crippen LogP contribution is -2.47. The van der Waals surface area contributed by atoms with Crippen LogP contribution >= 0.6 is 0 Å². The van der Waals surface area contributed by atoms with E-state index < -0.39 is 15.4 Å². The quantitative estimate of drug-likeness (QED) is 0.721. The van der Waals surface area contributed by atoms with Crippen LogP contribution in [-0.4, -0.2) is 44.1 Å².